The van der Waals surface area contributed by atoms with E-state index in [0.29, 0.717) is 29.4 Å². The molecule has 0 saturated carbocycles. The second-order valence-electron chi connectivity index (χ2n) is 19.1. The number of rotatable bonds is 10. The van der Waals surface area contributed by atoms with Crippen LogP contribution in [0.15, 0.2) is 73.3 Å². The average Bonchev–Trinajstić information content (AvgIpc) is 3.29. The first kappa shape index (κ1) is 41.4. The molecule has 6 nitrogen and oxygen atoms in total. The highest BCUT2D eigenvalue weighted by molar-refractivity contribution is 5.89. The SMILES string of the molecule is Cc1cc(-c2cnccc2OC(C)CC(C)Oc2ccncc2-c2cc(C)cc(-c3c4c(cc5c3CCCC5)CCCC4)c2O)c(O)c(-c2c3c(cc4c2CCCC4)CCCC3)c1. The molecule has 0 fully saturated rings. The summed E-state index contributed by atoms with van der Waals surface area (Å²) in [5, 5.41) is 24.6. The van der Waals surface area contributed by atoms with Gasteiger partial charge in [0.1, 0.15) is 23.0 Å². The minimum Gasteiger partial charge on any atom is -0.507 e. The van der Waals surface area contributed by atoms with Crippen LogP contribution in [0.3, 0.4) is 0 Å². The predicted molar refractivity (Wildman–Crippen MR) is 254 cm³/mol. The molecule has 6 heteroatoms. The van der Waals surface area contributed by atoms with Crippen LogP contribution >= 0.6 is 0 Å². The topological polar surface area (TPSA) is 84.7 Å². The van der Waals surface area contributed by atoms with E-state index in [1.165, 1.54) is 107 Å². The van der Waals surface area contributed by atoms with Crippen LogP contribution in [-0.2, 0) is 51.4 Å². The first-order valence-electron chi connectivity index (χ1n) is 23.9. The van der Waals surface area contributed by atoms with Crippen LogP contribution in [0.4, 0.5) is 0 Å². The monoisotopic (exact) mass is 838 g/mol. The third kappa shape index (κ3) is 8.00. The molecule has 2 N–H and O–H groups in total. The lowest BCUT2D eigenvalue weighted by Crippen LogP contribution is -2.23. The molecule has 2 aromatic heterocycles. The Kier molecular flexibility index (Phi) is 11.5. The second-order valence-corrected chi connectivity index (χ2v) is 19.1. The zero-order chi connectivity index (χ0) is 43.2. The van der Waals surface area contributed by atoms with Gasteiger partial charge in [0.05, 0.1) is 12.2 Å². The summed E-state index contributed by atoms with van der Waals surface area (Å²) in [5.41, 5.74) is 21.3. The Balaban J connectivity index is 0.923. The molecule has 0 radical (unpaired) electrons. The number of phenolic OH excluding ortho intramolecular Hbond substituents is 2. The summed E-state index contributed by atoms with van der Waals surface area (Å²) in [6.07, 6.45) is 25.7. The normalized spacial score (nSPS) is 16.6. The number of benzene rings is 4. The van der Waals surface area contributed by atoms with Crippen LogP contribution < -0.4 is 9.47 Å². The van der Waals surface area contributed by atoms with E-state index < -0.39 is 0 Å². The first-order chi connectivity index (χ1) is 30.7. The molecule has 0 spiro atoms. The van der Waals surface area contributed by atoms with E-state index in [0.717, 1.165) is 95.9 Å². The summed E-state index contributed by atoms with van der Waals surface area (Å²) < 4.78 is 13.5. The fourth-order valence-corrected chi connectivity index (χ4v) is 11.6. The minimum absolute atomic E-state index is 0.222. The number of fused-ring (bicyclic) bond motifs is 4. The molecule has 10 rings (SSSR count). The van der Waals surface area contributed by atoms with Crippen LogP contribution in [-0.4, -0.2) is 32.4 Å². The van der Waals surface area contributed by atoms with Crippen LogP contribution in [0.2, 0.25) is 0 Å². The number of phenols is 2. The summed E-state index contributed by atoms with van der Waals surface area (Å²) in [6.45, 7) is 8.39. The minimum atomic E-state index is -0.222. The lowest BCUT2D eigenvalue weighted by molar-refractivity contribution is 0.131. The van der Waals surface area contributed by atoms with E-state index in [1.54, 1.807) is 12.4 Å². The van der Waals surface area contributed by atoms with E-state index in [4.69, 9.17) is 9.47 Å². The summed E-state index contributed by atoms with van der Waals surface area (Å²) in [7, 11) is 0. The molecule has 4 aromatic carbocycles. The molecule has 0 aliphatic heterocycles. The van der Waals surface area contributed by atoms with Crippen LogP contribution in [0.25, 0.3) is 44.5 Å². The summed E-state index contributed by atoms with van der Waals surface area (Å²) >= 11 is 0. The molecule has 324 valence electrons. The van der Waals surface area contributed by atoms with Gasteiger partial charge < -0.3 is 19.7 Å². The Morgan fingerprint density at radius 1 is 0.460 bits per heavy atom. The van der Waals surface area contributed by atoms with E-state index in [1.807, 2.05) is 24.5 Å². The zero-order valence-corrected chi connectivity index (χ0v) is 37.7. The third-order valence-electron chi connectivity index (χ3n) is 14.5. The van der Waals surface area contributed by atoms with Gasteiger partial charge in [-0.15, -0.1) is 0 Å². The van der Waals surface area contributed by atoms with Crippen molar-refractivity contribution in [3.63, 3.8) is 0 Å². The van der Waals surface area contributed by atoms with Crippen molar-refractivity contribution in [3.05, 3.63) is 129 Å². The van der Waals surface area contributed by atoms with Crippen molar-refractivity contribution in [1.29, 1.82) is 0 Å². The molecule has 0 amide bonds. The first-order valence-corrected chi connectivity index (χ1v) is 23.9. The Hall–Kier alpha value is -5.62. The highest BCUT2D eigenvalue weighted by Crippen LogP contribution is 2.50. The fourth-order valence-electron chi connectivity index (χ4n) is 11.6. The maximum atomic E-state index is 12.3. The maximum absolute atomic E-state index is 12.3. The Morgan fingerprint density at radius 2 is 0.794 bits per heavy atom. The molecule has 0 saturated heterocycles. The maximum Gasteiger partial charge on any atom is 0.131 e. The number of hydrogen-bond acceptors (Lipinski definition) is 6. The van der Waals surface area contributed by atoms with E-state index in [2.05, 4.69) is 74.1 Å². The molecule has 2 heterocycles. The van der Waals surface area contributed by atoms with Crippen molar-refractivity contribution in [3.8, 4) is 67.5 Å². The molecule has 2 atom stereocenters. The largest absolute Gasteiger partial charge is 0.507 e. The van der Waals surface area contributed by atoms with Gasteiger partial charge in [-0.1, -0.05) is 12.1 Å². The van der Waals surface area contributed by atoms with Crippen molar-refractivity contribution in [2.24, 2.45) is 0 Å². The number of pyridine rings is 2. The highest BCUT2D eigenvalue weighted by Gasteiger charge is 2.29. The van der Waals surface area contributed by atoms with Crippen molar-refractivity contribution in [2.75, 3.05) is 0 Å². The molecule has 4 aliphatic rings. The molecule has 4 aliphatic carbocycles. The van der Waals surface area contributed by atoms with Crippen LogP contribution in [0.5, 0.6) is 23.0 Å². The summed E-state index contributed by atoms with van der Waals surface area (Å²) in [5.74, 6) is 1.96. The number of aryl methyl sites for hydroxylation is 6. The molecule has 6 aromatic rings. The number of nitrogens with zero attached hydrogens (tertiary/aromatic N) is 2. The lowest BCUT2D eigenvalue weighted by atomic mass is 9.76. The number of hydrogen-bond donors (Lipinski definition) is 2. The summed E-state index contributed by atoms with van der Waals surface area (Å²) in [4.78, 5) is 9.07. The van der Waals surface area contributed by atoms with Crippen molar-refractivity contribution in [1.82, 2.24) is 9.97 Å². The van der Waals surface area contributed by atoms with E-state index in [-0.39, 0.29) is 12.2 Å². The van der Waals surface area contributed by atoms with E-state index in [9.17, 15) is 10.2 Å². The van der Waals surface area contributed by atoms with Crippen LogP contribution in [0, 0.1) is 13.8 Å². The van der Waals surface area contributed by atoms with Gasteiger partial charge in [0, 0.05) is 64.6 Å². The fraction of sp³-hybridized carbons (Fsp3) is 0.404. The molecule has 63 heavy (non-hydrogen) atoms. The van der Waals surface area contributed by atoms with Gasteiger partial charge in [0.25, 0.3) is 0 Å². The Labute approximate surface area is 373 Å². The van der Waals surface area contributed by atoms with Gasteiger partial charge in [0.2, 0.25) is 0 Å². The van der Waals surface area contributed by atoms with Gasteiger partial charge in [-0.25, -0.2) is 0 Å². The van der Waals surface area contributed by atoms with Gasteiger partial charge in [-0.3, -0.25) is 9.97 Å². The number of aromatic nitrogens is 2. The average molecular weight is 839 g/mol. The Morgan fingerprint density at radius 3 is 1.16 bits per heavy atom. The predicted octanol–water partition coefficient (Wildman–Crippen LogP) is 13.3. The van der Waals surface area contributed by atoms with E-state index >= 15 is 0 Å². The smallest absolute Gasteiger partial charge is 0.131 e. The van der Waals surface area contributed by atoms with Crippen molar-refractivity contribution in [2.45, 2.75) is 149 Å². The van der Waals surface area contributed by atoms with Crippen LogP contribution in [0.1, 0.15) is 127 Å². The van der Waals surface area contributed by atoms with Gasteiger partial charge in [-0.05, 0) is 234 Å². The summed E-state index contributed by atoms with van der Waals surface area (Å²) in [6, 6.07) is 17.3. The lowest BCUT2D eigenvalue weighted by Gasteiger charge is -2.29. The molecule has 0 bridgehead atoms. The third-order valence-corrected chi connectivity index (χ3v) is 14.5. The second kappa shape index (κ2) is 17.5. The van der Waals surface area contributed by atoms with Gasteiger partial charge in [-0.2, -0.15) is 0 Å². The van der Waals surface area contributed by atoms with Gasteiger partial charge in [0.15, 0.2) is 0 Å². The number of aromatic hydroxyl groups is 2. The molecular weight excluding hydrogens is 777 g/mol. The van der Waals surface area contributed by atoms with Crippen molar-refractivity contribution >= 4 is 0 Å². The standard InChI is InChI=1S/C57H62N2O4/c1-34-25-46(56(60)48(27-34)54-42-17-9-5-13-38(42)30-39-14-6-10-18-43(39)54)50-32-58-23-21-52(50)62-36(3)29-37(4)63-53-22-24-59-33-51(53)47-26-35(2)28-49(57(47)61)55-44-19-11-7-15-40(44)31-41-16-8-12-20-45(41)55/h21-28,30-33,36-37,60-61H,5-20,29H2,1-4H3. The van der Waals surface area contributed by atoms with Crippen molar-refractivity contribution < 1.29 is 19.7 Å². The van der Waals surface area contributed by atoms with Gasteiger partial charge >= 0.3 is 0 Å². The highest BCUT2D eigenvalue weighted by atomic mass is 16.5. The zero-order valence-electron chi connectivity index (χ0n) is 37.7. The number of ether oxygens (including phenoxy) is 2. The Bertz CT molecular complexity index is 2460. The molecular formula is C57H62N2O4. The quantitative estimate of drug-likeness (QED) is 0.143. The molecule has 2 unspecified atom stereocenters.